The van der Waals surface area contributed by atoms with Gasteiger partial charge in [0.2, 0.25) is 12.7 Å². The SMILES string of the molecule is O=C(Cc1ccc2c(c1)OCO2)NCc1cccc2ncsc12. The van der Waals surface area contributed by atoms with Crippen LogP contribution in [0.2, 0.25) is 0 Å². The number of amides is 1. The van der Waals surface area contributed by atoms with Crippen molar-refractivity contribution in [2.45, 2.75) is 13.0 Å². The van der Waals surface area contributed by atoms with E-state index in [0.29, 0.717) is 18.7 Å². The summed E-state index contributed by atoms with van der Waals surface area (Å²) in [6, 6.07) is 11.5. The lowest BCUT2D eigenvalue weighted by atomic mass is 10.1. The summed E-state index contributed by atoms with van der Waals surface area (Å²) in [6.07, 6.45) is 0.315. The highest BCUT2D eigenvalue weighted by Crippen LogP contribution is 2.32. The summed E-state index contributed by atoms with van der Waals surface area (Å²) in [5.41, 5.74) is 4.78. The summed E-state index contributed by atoms with van der Waals surface area (Å²) in [5.74, 6) is 1.40. The molecule has 0 bridgehead atoms. The molecule has 1 amide bonds. The molecule has 23 heavy (non-hydrogen) atoms. The summed E-state index contributed by atoms with van der Waals surface area (Å²) >= 11 is 1.59. The number of aromatic nitrogens is 1. The molecule has 6 heteroatoms. The summed E-state index contributed by atoms with van der Waals surface area (Å²) in [5, 5.41) is 2.96. The minimum absolute atomic E-state index is 0.0228. The van der Waals surface area contributed by atoms with Gasteiger partial charge in [0.15, 0.2) is 11.5 Å². The summed E-state index contributed by atoms with van der Waals surface area (Å²) < 4.78 is 11.7. The van der Waals surface area contributed by atoms with Gasteiger partial charge in [-0.05, 0) is 29.3 Å². The average molecular weight is 326 g/mol. The number of hydrogen-bond donors (Lipinski definition) is 1. The smallest absolute Gasteiger partial charge is 0.231 e. The number of benzene rings is 2. The molecule has 1 N–H and O–H groups in total. The molecule has 0 unspecified atom stereocenters. The van der Waals surface area contributed by atoms with Crippen molar-refractivity contribution in [1.29, 1.82) is 0 Å². The van der Waals surface area contributed by atoms with Crippen molar-refractivity contribution in [2.75, 3.05) is 6.79 Å². The highest BCUT2D eigenvalue weighted by molar-refractivity contribution is 7.16. The minimum Gasteiger partial charge on any atom is -0.454 e. The lowest BCUT2D eigenvalue weighted by Crippen LogP contribution is -2.24. The van der Waals surface area contributed by atoms with Crippen LogP contribution >= 0.6 is 11.3 Å². The van der Waals surface area contributed by atoms with Crippen LogP contribution in [0.5, 0.6) is 11.5 Å². The van der Waals surface area contributed by atoms with Crippen molar-refractivity contribution in [3.05, 3.63) is 53.0 Å². The molecule has 3 aromatic rings. The maximum absolute atomic E-state index is 12.2. The molecule has 2 heterocycles. The van der Waals surface area contributed by atoms with Gasteiger partial charge in [0.25, 0.3) is 0 Å². The fraction of sp³-hybridized carbons (Fsp3) is 0.176. The van der Waals surface area contributed by atoms with Crippen LogP contribution in [-0.2, 0) is 17.8 Å². The number of fused-ring (bicyclic) bond motifs is 2. The predicted molar refractivity (Wildman–Crippen MR) is 87.7 cm³/mol. The van der Waals surface area contributed by atoms with Crippen LogP contribution in [0.3, 0.4) is 0 Å². The number of ether oxygens (including phenoxy) is 2. The zero-order valence-corrected chi connectivity index (χ0v) is 13.1. The Hall–Kier alpha value is -2.60. The van der Waals surface area contributed by atoms with Crippen molar-refractivity contribution in [3.8, 4) is 11.5 Å². The van der Waals surface area contributed by atoms with Gasteiger partial charge in [-0.1, -0.05) is 18.2 Å². The number of nitrogens with zero attached hydrogens (tertiary/aromatic N) is 1. The zero-order valence-electron chi connectivity index (χ0n) is 12.2. The average Bonchev–Trinajstić information content (AvgIpc) is 3.21. The van der Waals surface area contributed by atoms with Crippen LogP contribution in [0.15, 0.2) is 41.9 Å². The van der Waals surface area contributed by atoms with E-state index in [1.54, 1.807) is 11.3 Å². The Kier molecular flexibility index (Phi) is 3.59. The van der Waals surface area contributed by atoms with Crippen molar-refractivity contribution in [1.82, 2.24) is 10.3 Å². The first-order valence-electron chi connectivity index (χ1n) is 7.26. The van der Waals surface area contributed by atoms with Crippen molar-refractivity contribution in [2.24, 2.45) is 0 Å². The monoisotopic (exact) mass is 326 g/mol. The van der Waals surface area contributed by atoms with Gasteiger partial charge in [-0.2, -0.15) is 0 Å². The fourth-order valence-electron chi connectivity index (χ4n) is 2.58. The molecule has 5 nitrogen and oxygen atoms in total. The molecule has 0 aliphatic carbocycles. The van der Waals surface area contributed by atoms with Gasteiger partial charge in [-0.15, -0.1) is 11.3 Å². The highest BCUT2D eigenvalue weighted by atomic mass is 32.1. The first-order valence-corrected chi connectivity index (χ1v) is 8.14. The van der Waals surface area contributed by atoms with Gasteiger partial charge >= 0.3 is 0 Å². The Morgan fingerprint density at radius 1 is 1.22 bits per heavy atom. The standard InChI is InChI=1S/C17H14N2O3S/c20-16(7-11-4-5-14-15(6-11)22-10-21-14)18-8-12-2-1-3-13-17(12)23-9-19-13/h1-6,9H,7-8,10H2,(H,18,20). The second-order valence-corrected chi connectivity index (χ2v) is 6.11. The molecule has 0 saturated heterocycles. The number of carbonyl (C=O) groups excluding carboxylic acids is 1. The third-order valence-electron chi connectivity index (χ3n) is 3.72. The first kappa shape index (κ1) is 14.0. The molecule has 0 radical (unpaired) electrons. The van der Waals surface area contributed by atoms with Crippen LogP contribution in [0.25, 0.3) is 10.2 Å². The first-order chi connectivity index (χ1) is 11.3. The van der Waals surface area contributed by atoms with Crippen molar-refractivity contribution < 1.29 is 14.3 Å². The third-order valence-corrected chi connectivity index (χ3v) is 4.63. The normalized spacial score (nSPS) is 12.5. The molecule has 2 aromatic carbocycles. The maximum Gasteiger partial charge on any atom is 0.231 e. The van der Waals surface area contributed by atoms with E-state index in [1.165, 1.54) is 0 Å². The van der Waals surface area contributed by atoms with E-state index in [2.05, 4.69) is 10.3 Å². The summed E-state index contributed by atoms with van der Waals surface area (Å²) in [4.78, 5) is 16.5. The highest BCUT2D eigenvalue weighted by Gasteiger charge is 2.14. The van der Waals surface area contributed by atoms with E-state index in [9.17, 15) is 4.79 Å². The molecular weight excluding hydrogens is 312 g/mol. The van der Waals surface area contributed by atoms with E-state index in [1.807, 2.05) is 41.9 Å². The number of rotatable bonds is 4. The molecule has 4 rings (SSSR count). The Bertz CT molecular complexity index is 875. The van der Waals surface area contributed by atoms with E-state index in [4.69, 9.17) is 9.47 Å². The van der Waals surface area contributed by atoms with Crippen LogP contribution in [0.1, 0.15) is 11.1 Å². The number of thiazole rings is 1. The molecule has 116 valence electrons. The molecule has 1 aromatic heterocycles. The largest absolute Gasteiger partial charge is 0.454 e. The summed E-state index contributed by atoms with van der Waals surface area (Å²) in [7, 11) is 0. The number of carbonyl (C=O) groups is 1. The maximum atomic E-state index is 12.2. The molecule has 0 saturated carbocycles. The molecule has 0 spiro atoms. The van der Waals surface area contributed by atoms with E-state index in [-0.39, 0.29) is 12.7 Å². The fourth-order valence-corrected chi connectivity index (χ4v) is 3.38. The third kappa shape index (κ3) is 2.85. The topological polar surface area (TPSA) is 60.5 Å². The van der Waals surface area contributed by atoms with Crippen LogP contribution in [0, 0.1) is 0 Å². The molecule has 0 atom stereocenters. The molecule has 1 aliphatic rings. The van der Waals surface area contributed by atoms with Gasteiger partial charge in [-0.25, -0.2) is 4.98 Å². The van der Waals surface area contributed by atoms with Gasteiger partial charge in [0.05, 0.1) is 22.1 Å². The zero-order chi connectivity index (χ0) is 15.6. The quantitative estimate of drug-likeness (QED) is 0.801. The van der Waals surface area contributed by atoms with Gasteiger partial charge in [0, 0.05) is 6.54 Å². The lowest BCUT2D eigenvalue weighted by Gasteiger charge is -2.07. The molecular formula is C17H14N2O3S. The second kappa shape index (κ2) is 5.89. The Balaban J connectivity index is 1.41. The van der Waals surface area contributed by atoms with Gasteiger partial charge in [-0.3, -0.25) is 4.79 Å². The van der Waals surface area contributed by atoms with Crippen LogP contribution in [-0.4, -0.2) is 17.7 Å². The van der Waals surface area contributed by atoms with E-state index < -0.39 is 0 Å². The van der Waals surface area contributed by atoms with E-state index in [0.717, 1.165) is 27.1 Å². The number of nitrogens with one attached hydrogen (secondary N) is 1. The molecule has 1 aliphatic heterocycles. The lowest BCUT2D eigenvalue weighted by molar-refractivity contribution is -0.120. The predicted octanol–water partition coefficient (Wildman–Crippen LogP) is 2.88. The number of hydrogen-bond acceptors (Lipinski definition) is 5. The van der Waals surface area contributed by atoms with E-state index >= 15 is 0 Å². The van der Waals surface area contributed by atoms with Crippen LogP contribution < -0.4 is 14.8 Å². The second-order valence-electron chi connectivity index (χ2n) is 5.26. The van der Waals surface area contributed by atoms with Gasteiger partial charge in [0.1, 0.15) is 0 Å². The van der Waals surface area contributed by atoms with Crippen molar-refractivity contribution >= 4 is 27.5 Å². The minimum atomic E-state index is -0.0228. The Morgan fingerprint density at radius 3 is 3.09 bits per heavy atom. The Labute approximate surface area is 136 Å². The molecule has 0 fully saturated rings. The Morgan fingerprint density at radius 2 is 2.13 bits per heavy atom. The summed E-state index contributed by atoms with van der Waals surface area (Å²) in [6.45, 7) is 0.743. The van der Waals surface area contributed by atoms with Crippen LogP contribution in [0.4, 0.5) is 0 Å². The van der Waals surface area contributed by atoms with Gasteiger partial charge < -0.3 is 14.8 Å². The van der Waals surface area contributed by atoms with Crippen molar-refractivity contribution in [3.63, 3.8) is 0 Å².